The molecule has 0 unspecified atom stereocenters. The second-order valence-electron chi connectivity index (χ2n) is 16.8. The molecule has 0 amide bonds. The van der Waals surface area contributed by atoms with Crippen molar-refractivity contribution in [1.29, 1.82) is 0 Å². The molecule has 0 saturated heterocycles. The molecule has 4 heteroatoms. The summed E-state index contributed by atoms with van der Waals surface area (Å²) >= 11 is 0. The van der Waals surface area contributed by atoms with Gasteiger partial charge in [0.25, 0.3) is 0 Å². The Morgan fingerprint density at radius 3 is 1.12 bits per heavy atom. The summed E-state index contributed by atoms with van der Waals surface area (Å²) in [4.78, 5) is 0. The molecule has 64 heavy (non-hydrogen) atoms. The van der Waals surface area contributed by atoms with Gasteiger partial charge in [-0.2, -0.15) is 0 Å². The van der Waals surface area contributed by atoms with Gasteiger partial charge in [-0.3, -0.25) is 0 Å². The SMILES string of the molecule is c1ccc(-n2c3ccccc3c3cccc(-n4c5cc([Si](c6ccccc6)(c6ccccc6)c6ccccc6)ccc5c5cccc(-n6c7ccccc7c7ccccc76)c54)c32)cc1. The third kappa shape index (κ3) is 5.21. The van der Waals surface area contributed by atoms with Gasteiger partial charge in [0.2, 0.25) is 0 Å². The highest BCUT2D eigenvalue weighted by Gasteiger charge is 2.42. The number of hydrogen-bond donors (Lipinski definition) is 0. The molecule has 3 nitrogen and oxygen atoms in total. The van der Waals surface area contributed by atoms with Crippen LogP contribution in [0.2, 0.25) is 0 Å². The van der Waals surface area contributed by atoms with Crippen molar-refractivity contribution < 1.29 is 0 Å². The molecule has 0 aliphatic heterocycles. The first-order valence-corrected chi connectivity index (χ1v) is 24.1. The fraction of sp³-hybridized carbons (Fsp3) is 0. The minimum atomic E-state index is -2.90. The topological polar surface area (TPSA) is 14.8 Å². The summed E-state index contributed by atoms with van der Waals surface area (Å²) in [6.45, 7) is 0. The van der Waals surface area contributed by atoms with Crippen LogP contribution in [0.5, 0.6) is 0 Å². The number of fused-ring (bicyclic) bond motifs is 9. The van der Waals surface area contributed by atoms with E-state index < -0.39 is 8.07 Å². The van der Waals surface area contributed by atoms with Gasteiger partial charge in [0.05, 0.1) is 44.5 Å². The highest BCUT2D eigenvalue weighted by atomic mass is 28.3. The molecule has 0 spiro atoms. The van der Waals surface area contributed by atoms with Crippen LogP contribution in [0.15, 0.2) is 249 Å². The van der Waals surface area contributed by atoms with Crippen LogP contribution in [0, 0.1) is 0 Å². The Hall–Kier alpha value is -8.18. The molecule has 0 atom stereocenters. The van der Waals surface area contributed by atoms with Gasteiger partial charge < -0.3 is 13.7 Å². The molecule has 300 valence electrons. The summed E-state index contributed by atoms with van der Waals surface area (Å²) in [6.07, 6.45) is 0. The van der Waals surface area contributed by atoms with E-state index in [0.29, 0.717) is 0 Å². The fourth-order valence-electron chi connectivity index (χ4n) is 11.0. The molecule has 0 radical (unpaired) electrons. The first-order valence-electron chi connectivity index (χ1n) is 22.1. The van der Waals surface area contributed by atoms with Gasteiger partial charge in [-0.15, -0.1) is 0 Å². The van der Waals surface area contributed by atoms with Crippen molar-refractivity contribution >= 4 is 94.2 Å². The summed E-state index contributed by atoms with van der Waals surface area (Å²) < 4.78 is 7.57. The van der Waals surface area contributed by atoms with Gasteiger partial charge in [0, 0.05) is 38.0 Å². The number of rotatable bonds is 7. The van der Waals surface area contributed by atoms with E-state index in [-0.39, 0.29) is 0 Å². The molecule has 0 fully saturated rings. The number of hydrogen-bond acceptors (Lipinski definition) is 0. The van der Waals surface area contributed by atoms with Crippen LogP contribution in [0.25, 0.3) is 82.5 Å². The lowest BCUT2D eigenvalue weighted by Gasteiger charge is -2.34. The van der Waals surface area contributed by atoms with Crippen LogP contribution < -0.4 is 20.7 Å². The fourth-order valence-corrected chi connectivity index (χ4v) is 15.7. The van der Waals surface area contributed by atoms with Crippen molar-refractivity contribution in [2.75, 3.05) is 0 Å². The quantitative estimate of drug-likeness (QED) is 0.112. The molecule has 3 heterocycles. The molecular formula is C60H41N3Si. The summed E-state index contributed by atoms with van der Waals surface area (Å²) in [7, 11) is -2.90. The van der Waals surface area contributed by atoms with Crippen molar-refractivity contribution in [3.05, 3.63) is 249 Å². The molecule has 13 rings (SSSR count). The van der Waals surface area contributed by atoms with Crippen LogP contribution in [0.4, 0.5) is 0 Å². The summed E-state index contributed by atoms with van der Waals surface area (Å²) in [5.41, 5.74) is 10.5. The minimum Gasteiger partial charge on any atom is -0.307 e. The van der Waals surface area contributed by atoms with Crippen LogP contribution in [-0.4, -0.2) is 21.8 Å². The predicted octanol–water partition coefficient (Wildman–Crippen LogP) is 12.4. The molecule has 0 saturated carbocycles. The molecular weight excluding hydrogens is 791 g/mol. The van der Waals surface area contributed by atoms with Gasteiger partial charge in [-0.1, -0.05) is 200 Å². The molecule has 0 aliphatic rings. The van der Waals surface area contributed by atoms with E-state index in [1.54, 1.807) is 0 Å². The maximum atomic E-state index is 2.60. The summed E-state index contributed by atoms with van der Waals surface area (Å²) in [5.74, 6) is 0. The van der Waals surface area contributed by atoms with E-state index in [1.807, 2.05) is 0 Å². The normalized spacial score (nSPS) is 12.1. The largest absolute Gasteiger partial charge is 0.307 e. The average Bonchev–Trinajstić information content (AvgIpc) is 4.01. The van der Waals surface area contributed by atoms with Gasteiger partial charge in [0.15, 0.2) is 8.07 Å². The van der Waals surface area contributed by atoms with E-state index in [0.717, 1.165) is 17.1 Å². The number of benzene rings is 10. The van der Waals surface area contributed by atoms with Crippen molar-refractivity contribution in [3.63, 3.8) is 0 Å². The van der Waals surface area contributed by atoms with Crippen molar-refractivity contribution in [1.82, 2.24) is 13.7 Å². The predicted molar refractivity (Wildman–Crippen MR) is 273 cm³/mol. The van der Waals surface area contributed by atoms with Gasteiger partial charge in [-0.05, 0) is 69.3 Å². The standard InChI is InChI=1S/C60H41N3Si/c1-5-21-42(22-6-1)61-53-34-16-15-31-49(53)51-32-20-38-57(59(51)61)63-58-41-46(64(43-23-7-2-8-24-43,44-25-9-3-10-26-44)45-27-11-4-12-28-45)39-40-50(58)52-33-19-37-56(60(52)63)62-54-35-17-13-29-47(54)48-30-14-18-36-55(48)62/h1-41H. The van der Waals surface area contributed by atoms with Crippen LogP contribution in [0.1, 0.15) is 0 Å². The Bertz CT molecular complexity index is 3730. The van der Waals surface area contributed by atoms with Crippen LogP contribution in [0.3, 0.4) is 0 Å². The third-order valence-corrected chi connectivity index (χ3v) is 18.3. The zero-order valence-electron chi connectivity index (χ0n) is 35.0. The molecule has 0 aliphatic carbocycles. The van der Waals surface area contributed by atoms with Crippen LogP contribution in [-0.2, 0) is 0 Å². The van der Waals surface area contributed by atoms with Crippen molar-refractivity contribution in [2.45, 2.75) is 0 Å². The Labute approximate surface area is 372 Å². The third-order valence-electron chi connectivity index (χ3n) is 13.6. The lowest BCUT2D eigenvalue weighted by atomic mass is 10.1. The van der Waals surface area contributed by atoms with Gasteiger partial charge in [-0.25, -0.2) is 0 Å². The maximum absolute atomic E-state index is 2.90. The molecule has 13 aromatic rings. The highest BCUT2D eigenvalue weighted by Crippen LogP contribution is 2.43. The number of para-hydroxylation sites is 6. The van der Waals surface area contributed by atoms with E-state index in [1.165, 1.54) is 86.2 Å². The monoisotopic (exact) mass is 831 g/mol. The Morgan fingerprint density at radius 2 is 0.609 bits per heavy atom. The van der Waals surface area contributed by atoms with Crippen molar-refractivity contribution in [2.24, 2.45) is 0 Å². The summed E-state index contributed by atoms with van der Waals surface area (Å²) in [5, 5.41) is 12.8. The Kier molecular flexibility index (Phi) is 8.23. The highest BCUT2D eigenvalue weighted by molar-refractivity contribution is 7.20. The zero-order valence-corrected chi connectivity index (χ0v) is 36.0. The lowest BCUT2D eigenvalue weighted by molar-refractivity contribution is 1.11. The van der Waals surface area contributed by atoms with Gasteiger partial charge in [0.1, 0.15) is 0 Å². The van der Waals surface area contributed by atoms with E-state index in [9.17, 15) is 0 Å². The van der Waals surface area contributed by atoms with Gasteiger partial charge >= 0.3 is 0 Å². The van der Waals surface area contributed by atoms with E-state index in [4.69, 9.17) is 0 Å². The molecule has 0 bridgehead atoms. The Balaban J connectivity index is 1.24. The first kappa shape index (κ1) is 36.5. The zero-order chi connectivity index (χ0) is 42.2. The number of nitrogens with zero attached hydrogens (tertiary/aromatic N) is 3. The van der Waals surface area contributed by atoms with E-state index in [2.05, 4.69) is 262 Å². The Morgan fingerprint density at radius 1 is 0.234 bits per heavy atom. The molecule has 0 N–H and O–H groups in total. The maximum Gasteiger partial charge on any atom is 0.179 e. The second-order valence-corrected chi connectivity index (χ2v) is 20.6. The lowest BCUT2D eigenvalue weighted by Crippen LogP contribution is -2.74. The van der Waals surface area contributed by atoms with Crippen LogP contribution >= 0.6 is 0 Å². The first-order chi connectivity index (χ1) is 31.8. The minimum absolute atomic E-state index is 1.13. The smallest absolute Gasteiger partial charge is 0.179 e. The molecule has 3 aromatic heterocycles. The summed E-state index contributed by atoms with van der Waals surface area (Å²) in [6, 6.07) is 92.4. The van der Waals surface area contributed by atoms with Crippen molar-refractivity contribution in [3.8, 4) is 17.1 Å². The second kappa shape index (κ2) is 14.5. The number of aromatic nitrogens is 3. The average molecular weight is 832 g/mol. The van der Waals surface area contributed by atoms with E-state index >= 15 is 0 Å². The molecule has 10 aromatic carbocycles.